The number of ketones is 1. The standard InChI is InChI=1S/C21H26N4O4/c1-14(26)15-7-9-17(10-8-15)25-19(27)18-13-23(11-12-24(18)21(25)29)20(28)22-16-5-3-2-4-6-16/h7-10,16,18H,2-6,11-13H2,1H3,(H,22,28). The molecule has 2 saturated heterocycles. The molecule has 1 saturated carbocycles. The van der Waals surface area contributed by atoms with Gasteiger partial charge in [0.2, 0.25) is 0 Å². The van der Waals surface area contributed by atoms with E-state index in [1.54, 1.807) is 29.2 Å². The third-order valence-electron chi connectivity index (χ3n) is 6.07. The number of benzene rings is 1. The maximum absolute atomic E-state index is 13.0. The van der Waals surface area contributed by atoms with Gasteiger partial charge in [-0.25, -0.2) is 14.5 Å². The molecule has 1 aromatic carbocycles. The SMILES string of the molecule is CC(=O)c1ccc(N2C(=O)C3CN(C(=O)NC4CCCCC4)CCN3C2=O)cc1. The molecule has 3 aliphatic rings. The molecular formula is C21H26N4O4. The van der Waals surface area contributed by atoms with Gasteiger partial charge in [-0.3, -0.25) is 9.59 Å². The first-order chi connectivity index (χ1) is 14.0. The molecular weight excluding hydrogens is 372 g/mol. The second-order valence-corrected chi connectivity index (χ2v) is 8.00. The second-order valence-electron chi connectivity index (χ2n) is 8.00. The number of Topliss-reactive ketones (excluding diaryl/α,β-unsaturated/α-hetero) is 1. The summed E-state index contributed by atoms with van der Waals surface area (Å²) in [6.07, 6.45) is 5.47. The lowest BCUT2D eigenvalue weighted by atomic mass is 9.96. The number of nitrogens with one attached hydrogen (secondary N) is 1. The Hall–Kier alpha value is -2.90. The number of carbonyl (C=O) groups is 4. The lowest BCUT2D eigenvalue weighted by molar-refractivity contribution is -0.120. The monoisotopic (exact) mass is 398 g/mol. The smallest absolute Gasteiger partial charge is 0.332 e. The fraction of sp³-hybridized carbons (Fsp3) is 0.524. The highest BCUT2D eigenvalue weighted by Crippen LogP contribution is 2.28. The number of hydrogen-bond acceptors (Lipinski definition) is 4. The van der Waals surface area contributed by atoms with Gasteiger partial charge in [0.15, 0.2) is 5.78 Å². The number of urea groups is 2. The van der Waals surface area contributed by atoms with Gasteiger partial charge in [0.05, 0.1) is 12.2 Å². The maximum atomic E-state index is 13.0. The van der Waals surface area contributed by atoms with E-state index in [4.69, 9.17) is 0 Å². The molecule has 0 aromatic heterocycles. The van der Waals surface area contributed by atoms with Crippen molar-refractivity contribution < 1.29 is 19.2 Å². The molecule has 0 bridgehead atoms. The Morgan fingerprint density at radius 2 is 1.69 bits per heavy atom. The van der Waals surface area contributed by atoms with Gasteiger partial charge in [-0.2, -0.15) is 0 Å². The van der Waals surface area contributed by atoms with Crippen LogP contribution in [0.1, 0.15) is 49.4 Å². The Morgan fingerprint density at radius 1 is 1.00 bits per heavy atom. The van der Waals surface area contributed by atoms with Crippen LogP contribution in [0.3, 0.4) is 0 Å². The van der Waals surface area contributed by atoms with Crippen LogP contribution in [0.2, 0.25) is 0 Å². The largest absolute Gasteiger partial charge is 0.335 e. The lowest BCUT2D eigenvalue weighted by Gasteiger charge is -2.36. The molecule has 1 unspecified atom stereocenters. The summed E-state index contributed by atoms with van der Waals surface area (Å²) in [6, 6.07) is 5.45. The molecule has 5 amide bonds. The summed E-state index contributed by atoms with van der Waals surface area (Å²) >= 11 is 0. The Balaban J connectivity index is 1.44. The predicted octanol–water partition coefficient (Wildman–Crippen LogP) is 2.38. The van der Waals surface area contributed by atoms with Crippen molar-refractivity contribution in [2.75, 3.05) is 24.5 Å². The van der Waals surface area contributed by atoms with Crippen LogP contribution in [0.4, 0.5) is 15.3 Å². The summed E-state index contributed by atoms with van der Waals surface area (Å²) in [5.74, 6) is -0.409. The molecule has 1 aromatic rings. The minimum absolute atomic E-state index is 0.0762. The third kappa shape index (κ3) is 3.71. The molecule has 3 fully saturated rings. The summed E-state index contributed by atoms with van der Waals surface area (Å²) in [5, 5.41) is 3.08. The number of amides is 5. The fourth-order valence-corrected chi connectivity index (χ4v) is 4.38. The van der Waals surface area contributed by atoms with E-state index < -0.39 is 6.04 Å². The molecule has 2 heterocycles. The van der Waals surface area contributed by atoms with Crippen LogP contribution in [-0.2, 0) is 4.79 Å². The number of carbonyl (C=O) groups excluding carboxylic acids is 4. The fourth-order valence-electron chi connectivity index (χ4n) is 4.38. The summed E-state index contributed by atoms with van der Waals surface area (Å²) in [6.45, 7) is 2.40. The zero-order valence-electron chi connectivity index (χ0n) is 16.6. The van der Waals surface area contributed by atoms with E-state index in [-0.39, 0.29) is 36.3 Å². The number of nitrogens with zero attached hydrogens (tertiary/aromatic N) is 3. The Kier molecular flexibility index (Phi) is 5.25. The second kappa shape index (κ2) is 7.85. The van der Waals surface area contributed by atoms with Crippen molar-refractivity contribution in [3.8, 4) is 0 Å². The summed E-state index contributed by atoms with van der Waals surface area (Å²) in [4.78, 5) is 54.2. The van der Waals surface area contributed by atoms with Gasteiger partial charge in [0, 0.05) is 24.7 Å². The molecule has 4 rings (SSSR count). The van der Waals surface area contributed by atoms with E-state index in [2.05, 4.69) is 5.32 Å². The number of imide groups is 1. The molecule has 0 radical (unpaired) electrons. The van der Waals surface area contributed by atoms with E-state index in [1.165, 1.54) is 18.2 Å². The predicted molar refractivity (Wildman–Crippen MR) is 107 cm³/mol. The number of rotatable bonds is 3. The maximum Gasteiger partial charge on any atom is 0.332 e. The summed E-state index contributed by atoms with van der Waals surface area (Å²) in [7, 11) is 0. The van der Waals surface area contributed by atoms with Gasteiger partial charge in [-0.1, -0.05) is 19.3 Å². The van der Waals surface area contributed by atoms with Crippen molar-refractivity contribution >= 4 is 29.4 Å². The van der Waals surface area contributed by atoms with Gasteiger partial charge in [0.25, 0.3) is 5.91 Å². The first-order valence-corrected chi connectivity index (χ1v) is 10.3. The molecule has 29 heavy (non-hydrogen) atoms. The molecule has 8 heteroatoms. The minimum atomic E-state index is -0.666. The van der Waals surface area contributed by atoms with Crippen LogP contribution in [0, 0.1) is 0 Å². The van der Waals surface area contributed by atoms with Crippen LogP contribution in [0.25, 0.3) is 0 Å². The van der Waals surface area contributed by atoms with E-state index in [1.807, 2.05) is 0 Å². The van der Waals surface area contributed by atoms with Crippen LogP contribution in [0.15, 0.2) is 24.3 Å². The van der Waals surface area contributed by atoms with Crippen molar-refractivity contribution in [1.82, 2.24) is 15.1 Å². The van der Waals surface area contributed by atoms with Gasteiger partial charge in [0.1, 0.15) is 6.04 Å². The Morgan fingerprint density at radius 3 is 2.34 bits per heavy atom. The van der Waals surface area contributed by atoms with Crippen molar-refractivity contribution in [3.05, 3.63) is 29.8 Å². The number of anilines is 1. The normalized spacial score (nSPS) is 22.7. The lowest BCUT2D eigenvalue weighted by Crippen LogP contribution is -2.57. The van der Waals surface area contributed by atoms with Crippen LogP contribution < -0.4 is 10.2 Å². The van der Waals surface area contributed by atoms with Crippen molar-refractivity contribution in [3.63, 3.8) is 0 Å². The number of hydrogen-bond donors (Lipinski definition) is 1. The highest BCUT2D eigenvalue weighted by molar-refractivity contribution is 6.21. The van der Waals surface area contributed by atoms with Gasteiger partial charge in [-0.15, -0.1) is 0 Å². The van der Waals surface area contributed by atoms with E-state index in [0.717, 1.165) is 30.6 Å². The average molecular weight is 398 g/mol. The quantitative estimate of drug-likeness (QED) is 0.625. The highest BCUT2D eigenvalue weighted by atomic mass is 16.2. The molecule has 0 spiro atoms. The zero-order chi connectivity index (χ0) is 20.5. The first-order valence-electron chi connectivity index (χ1n) is 10.3. The topological polar surface area (TPSA) is 90.0 Å². The average Bonchev–Trinajstić information content (AvgIpc) is 2.98. The van der Waals surface area contributed by atoms with Crippen molar-refractivity contribution in [2.24, 2.45) is 0 Å². The Labute approximate surface area is 169 Å². The number of piperazine rings is 1. The summed E-state index contributed by atoms with van der Waals surface area (Å²) in [5.41, 5.74) is 0.966. The van der Waals surface area contributed by atoms with Gasteiger partial charge < -0.3 is 15.1 Å². The first kappa shape index (κ1) is 19.4. The molecule has 2 aliphatic heterocycles. The Bertz CT molecular complexity index is 832. The molecule has 1 N–H and O–H groups in total. The van der Waals surface area contributed by atoms with E-state index >= 15 is 0 Å². The van der Waals surface area contributed by atoms with Gasteiger partial charge >= 0.3 is 12.1 Å². The van der Waals surface area contributed by atoms with Crippen LogP contribution in [0.5, 0.6) is 0 Å². The van der Waals surface area contributed by atoms with Crippen LogP contribution >= 0.6 is 0 Å². The van der Waals surface area contributed by atoms with E-state index in [0.29, 0.717) is 24.3 Å². The summed E-state index contributed by atoms with van der Waals surface area (Å²) < 4.78 is 0. The zero-order valence-corrected chi connectivity index (χ0v) is 16.6. The molecule has 1 aliphatic carbocycles. The van der Waals surface area contributed by atoms with Gasteiger partial charge in [-0.05, 0) is 44.0 Å². The van der Waals surface area contributed by atoms with Crippen molar-refractivity contribution in [1.29, 1.82) is 0 Å². The molecule has 1 atom stereocenters. The minimum Gasteiger partial charge on any atom is -0.335 e. The van der Waals surface area contributed by atoms with Crippen molar-refractivity contribution in [2.45, 2.75) is 51.1 Å². The third-order valence-corrected chi connectivity index (χ3v) is 6.07. The van der Waals surface area contributed by atoms with Crippen LogP contribution in [-0.4, -0.2) is 65.3 Å². The van der Waals surface area contributed by atoms with E-state index in [9.17, 15) is 19.2 Å². The molecule has 154 valence electrons. The highest BCUT2D eigenvalue weighted by Gasteiger charge is 2.49. The number of fused-ring (bicyclic) bond motifs is 1. The molecule has 8 nitrogen and oxygen atoms in total.